The van der Waals surface area contributed by atoms with Crippen LogP contribution in [0.4, 0.5) is 0 Å². The fourth-order valence-corrected chi connectivity index (χ4v) is 7.40. The lowest BCUT2D eigenvalue weighted by Gasteiger charge is -2.59. The molecule has 0 heteroatoms. The normalized spacial score (nSPS) is 48.5. The highest BCUT2D eigenvalue weighted by Crippen LogP contribution is 2.72. The minimum atomic E-state index is 0.511. The molecule has 0 amide bonds. The van der Waals surface area contributed by atoms with Crippen molar-refractivity contribution >= 4 is 0 Å². The number of aryl methyl sites for hydroxylation is 2. The van der Waals surface area contributed by atoms with Crippen LogP contribution in [0.25, 0.3) is 0 Å². The van der Waals surface area contributed by atoms with Crippen LogP contribution in [0.3, 0.4) is 0 Å². The first-order valence-electron chi connectivity index (χ1n) is 9.90. The van der Waals surface area contributed by atoms with E-state index >= 15 is 0 Å². The van der Waals surface area contributed by atoms with E-state index in [2.05, 4.69) is 59.7 Å². The van der Waals surface area contributed by atoms with Gasteiger partial charge in [-0.25, -0.2) is 0 Å². The van der Waals surface area contributed by atoms with Gasteiger partial charge in [0.1, 0.15) is 0 Å². The van der Waals surface area contributed by atoms with Gasteiger partial charge in [-0.3, -0.25) is 0 Å². The van der Waals surface area contributed by atoms with Gasteiger partial charge in [0, 0.05) is 0 Å². The third-order valence-corrected chi connectivity index (χ3v) is 9.41. The maximum Gasteiger partial charge on any atom is -0.0125 e. The molecule has 2 fully saturated rings. The van der Waals surface area contributed by atoms with Crippen LogP contribution in [0.15, 0.2) is 18.2 Å². The number of hydrogen-bond donors (Lipinski definition) is 0. The van der Waals surface area contributed by atoms with Gasteiger partial charge in [0.05, 0.1) is 0 Å². The monoisotopic (exact) mass is 310 g/mol. The molecule has 0 aliphatic heterocycles. The minimum Gasteiger partial charge on any atom is -0.0620 e. The zero-order valence-corrected chi connectivity index (χ0v) is 15.9. The molecule has 126 valence electrons. The van der Waals surface area contributed by atoms with E-state index in [1.54, 1.807) is 11.1 Å². The third-order valence-electron chi connectivity index (χ3n) is 9.41. The Hall–Kier alpha value is -0.780. The molecule has 1 aromatic rings. The van der Waals surface area contributed by atoms with Crippen LogP contribution < -0.4 is 0 Å². The lowest BCUT2D eigenvalue weighted by molar-refractivity contribution is -0.0716. The number of benzene rings is 1. The maximum atomic E-state index is 2.67. The van der Waals surface area contributed by atoms with E-state index in [-0.39, 0.29) is 0 Å². The summed E-state index contributed by atoms with van der Waals surface area (Å²) in [6.07, 6.45) is 5.56. The second kappa shape index (κ2) is 4.87. The third kappa shape index (κ3) is 1.79. The summed E-state index contributed by atoms with van der Waals surface area (Å²) in [5.41, 5.74) is 5.84. The van der Waals surface area contributed by atoms with E-state index in [1.807, 2.05) is 0 Å². The summed E-state index contributed by atoms with van der Waals surface area (Å²) in [7, 11) is 0. The van der Waals surface area contributed by atoms with Crippen molar-refractivity contribution in [2.24, 2.45) is 34.5 Å². The van der Waals surface area contributed by atoms with E-state index in [9.17, 15) is 0 Å². The smallest absolute Gasteiger partial charge is 0.0125 e. The van der Waals surface area contributed by atoms with Gasteiger partial charge < -0.3 is 0 Å². The van der Waals surface area contributed by atoms with E-state index in [0.717, 1.165) is 29.6 Å². The van der Waals surface area contributed by atoms with Crippen molar-refractivity contribution in [2.45, 2.75) is 73.1 Å². The van der Waals surface area contributed by atoms with E-state index < -0.39 is 0 Å². The highest BCUT2D eigenvalue weighted by molar-refractivity contribution is 5.38. The summed E-state index contributed by atoms with van der Waals surface area (Å²) in [5, 5.41) is 0. The molecule has 0 spiro atoms. The van der Waals surface area contributed by atoms with Crippen molar-refractivity contribution in [2.75, 3.05) is 0 Å². The van der Waals surface area contributed by atoms with Gasteiger partial charge in [-0.05, 0) is 84.2 Å². The first kappa shape index (κ1) is 15.7. The number of hydrogen-bond acceptors (Lipinski definition) is 0. The van der Waals surface area contributed by atoms with Crippen molar-refractivity contribution in [1.82, 2.24) is 0 Å². The molecule has 7 unspecified atom stereocenters. The summed E-state index contributed by atoms with van der Waals surface area (Å²) >= 11 is 0. The summed E-state index contributed by atoms with van der Waals surface area (Å²) in [5.74, 6) is 4.28. The van der Waals surface area contributed by atoms with Gasteiger partial charge >= 0.3 is 0 Å². The Morgan fingerprint density at radius 3 is 2.48 bits per heavy atom. The summed E-state index contributed by atoms with van der Waals surface area (Å²) in [6, 6.07) is 7.28. The van der Waals surface area contributed by atoms with Crippen molar-refractivity contribution in [3.8, 4) is 0 Å². The van der Waals surface area contributed by atoms with Crippen molar-refractivity contribution in [3.63, 3.8) is 0 Å². The molecule has 0 bridgehead atoms. The zero-order valence-electron chi connectivity index (χ0n) is 15.9. The van der Waals surface area contributed by atoms with Crippen LogP contribution in [-0.2, 0) is 6.42 Å². The second-order valence-corrected chi connectivity index (χ2v) is 9.63. The SMILES string of the molecule is Cc1ccc2c(c1)CCC1C2CCC2(C)C(C)C(C)C(C)C12C. The summed E-state index contributed by atoms with van der Waals surface area (Å²) < 4.78 is 0. The molecule has 4 rings (SSSR count). The molecule has 2 saturated carbocycles. The van der Waals surface area contributed by atoms with Gasteiger partial charge in [-0.2, -0.15) is 0 Å². The molecule has 3 aliphatic carbocycles. The van der Waals surface area contributed by atoms with Crippen LogP contribution in [0.1, 0.15) is 76.5 Å². The van der Waals surface area contributed by atoms with E-state index in [0.29, 0.717) is 10.8 Å². The fraction of sp³-hybridized carbons (Fsp3) is 0.739. The van der Waals surface area contributed by atoms with Crippen molar-refractivity contribution in [3.05, 3.63) is 34.9 Å². The molecule has 1 aromatic carbocycles. The predicted octanol–water partition coefficient (Wildman–Crippen LogP) is 6.37. The fourth-order valence-electron chi connectivity index (χ4n) is 7.40. The van der Waals surface area contributed by atoms with Gasteiger partial charge in [-0.15, -0.1) is 0 Å². The first-order chi connectivity index (χ1) is 10.8. The molecule has 0 heterocycles. The Labute approximate surface area is 143 Å². The quantitative estimate of drug-likeness (QED) is 0.522. The van der Waals surface area contributed by atoms with Crippen LogP contribution in [0.2, 0.25) is 0 Å². The van der Waals surface area contributed by atoms with Crippen molar-refractivity contribution < 1.29 is 0 Å². The Morgan fingerprint density at radius 2 is 1.74 bits per heavy atom. The average Bonchev–Trinajstić information content (AvgIpc) is 2.67. The molecule has 0 saturated heterocycles. The highest BCUT2D eigenvalue weighted by Gasteiger charge is 2.65. The Balaban J connectivity index is 1.81. The largest absolute Gasteiger partial charge is 0.0620 e. The number of rotatable bonds is 0. The van der Waals surface area contributed by atoms with Crippen LogP contribution in [-0.4, -0.2) is 0 Å². The van der Waals surface area contributed by atoms with Crippen LogP contribution >= 0.6 is 0 Å². The molecule has 23 heavy (non-hydrogen) atoms. The first-order valence-corrected chi connectivity index (χ1v) is 9.90. The highest BCUT2D eigenvalue weighted by atomic mass is 14.7. The lowest BCUT2D eigenvalue weighted by Crippen LogP contribution is -2.51. The van der Waals surface area contributed by atoms with E-state index in [4.69, 9.17) is 0 Å². The molecule has 7 atom stereocenters. The predicted molar refractivity (Wildman–Crippen MR) is 98.7 cm³/mol. The molecule has 0 radical (unpaired) electrons. The molecule has 0 nitrogen and oxygen atoms in total. The average molecular weight is 311 g/mol. The van der Waals surface area contributed by atoms with Crippen LogP contribution in [0, 0.1) is 41.4 Å². The summed E-state index contributed by atoms with van der Waals surface area (Å²) in [6.45, 7) is 15.2. The van der Waals surface area contributed by atoms with E-state index in [1.165, 1.54) is 31.2 Å². The summed E-state index contributed by atoms with van der Waals surface area (Å²) in [4.78, 5) is 0. The van der Waals surface area contributed by atoms with Crippen LogP contribution in [0.5, 0.6) is 0 Å². The van der Waals surface area contributed by atoms with Gasteiger partial charge in [0.2, 0.25) is 0 Å². The Morgan fingerprint density at radius 1 is 1.00 bits per heavy atom. The molecule has 3 aliphatic rings. The lowest BCUT2D eigenvalue weighted by atomic mass is 9.46. The Kier molecular flexibility index (Phi) is 3.33. The van der Waals surface area contributed by atoms with Gasteiger partial charge in [0.15, 0.2) is 0 Å². The molecule has 0 N–H and O–H groups in total. The standard InChI is InChI=1S/C23H34/c1-14-7-9-19-18(13-14)8-10-21-20(19)11-12-22(5)16(3)15(2)17(4)23(21,22)6/h7,9,13,15-17,20-21H,8,10-12H2,1-6H3. The zero-order chi connectivity index (χ0) is 16.6. The molecular formula is C23H34. The second-order valence-electron chi connectivity index (χ2n) is 9.63. The van der Waals surface area contributed by atoms with Crippen molar-refractivity contribution in [1.29, 1.82) is 0 Å². The molecular weight excluding hydrogens is 276 g/mol. The maximum absolute atomic E-state index is 2.67. The van der Waals surface area contributed by atoms with Gasteiger partial charge in [-0.1, -0.05) is 58.4 Å². The van der Waals surface area contributed by atoms with Gasteiger partial charge in [0.25, 0.3) is 0 Å². The Bertz CT molecular complexity index is 629. The topological polar surface area (TPSA) is 0 Å². The number of fused-ring (bicyclic) bond motifs is 5. The molecule has 0 aromatic heterocycles. The minimum absolute atomic E-state index is 0.511.